The number of aromatic nitrogens is 1. The van der Waals surface area contributed by atoms with Crippen molar-refractivity contribution in [3.8, 4) is 11.1 Å². The zero-order valence-corrected chi connectivity index (χ0v) is 9.94. The zero-order valence-electron chi connectivity index (χ0n) is 9.94. The van der Waals surface area contributed by atoms with Crippen LogP contribution in [0.3, 0.4) is 0 Å². The summed E-state index contributed by atoms with van der Waals surface area (Å²) in [6.07, 6.45) is 2.89. The highest BCUT2D eigenvalue weighted by molar-refractivity contribution is 5.69. The summed E-state index contributed by atoms with van der Waals surface area (Å²) in [7, 11) is 0. The molecule has 0 saturated heterocycles. The van der Waals surface area contributed by atoms with Crippen LogP contribution in [0.5, 0.6) is 0 Å². The molecule has 0 saturated carbocycles. The van der Waals surface area contributed by atoms with Crippen molar-refractivity contribution in [3.63, 3.8) is 0 Å². The Kier molecular flexibility index (Phi) is 2.65. The molecule has 3 rings (SSSR count). The first-order valence-corrected chi connectivity index (χ1v) is 5.96. The van der Waals surface area contributed by atoms with E-state index >= 15 is 0 Å². The van der Waals surface area contributed by atoms with Gasteiger partial charge in [-0.1, -0.05) is 18.2 Å². The number of hydrogen-bond donors (Lipinski definition) is 0. The molecule has 2 heterocycles. The third-order valence-corrected chi connectivity index (χ3v) is 3.23. The predicted octanol–water partition coefficient (Wildman–Crippen LogP) is 3.13. The number of hydrogen-bond acceptors (Lipinski definition) is 2. The van der Waals surface area contributed by atoms with Crippen LogP contribution >= 0.6 is 0 Å². The lowest BCUT2D eigenvalue weighted by Gasteiger charge is -2.20. The van der Waals surface area contributed by atoms with Gasteiger partial charge < -0.3 is 4.74 Å². The average molecular weight is 225 g/mol. The first-order chi connectivity index (χ1) is 8.34. The van der Waals surface area contributed by atoms with E-state index in [-0.39, 0.29) is 0 Å². The Morgan fingerprint density at radius 2 is 2.18 bits per heavy atom. The quantitative estimate of drug-likeness (QED) is 0.744. The van der Waals surface area contributed by atoms with E-state index in [0.29, 0.717) is 0 Å². The molecule has 1 aliphatic rings. The van der Waals surface area contributed by atoms with Gasteiger partial charge in [0.2, 0.25) is 0 Å². The predicted molar refractivity (Wildman–Crippen MR) is 67.8 cm³/mol. The first-order valence-electron chi connectivity index (χ1n) is 5.96. The Labute approximate surface area is 101 Å². The van der Waals surface area contributed by atoms with Crippen molar-refractivity contribution in [2.24, 2.45) is 0 Å². The van der Waals surface area contributed by atoms with Crippen molar-refractivity contribution < 1.29 is 4.74 Å². The highest BCUT2D eigenvalue weighted by Crippen LogP contribution is 2.29. The van der Waals surface area contributed by atoms with Gasteiger partial charge in [0.1, 0.15) is 0 Å². The van der Waals surface area contributed by atoms with Crippen molar-refractivity contribution in [1.29, 1.82) is 0 Å². The highest BCUT2D eigenvalue weighted by atomic mass is 16.5. The largest absolute Gasteiger partial charge is 0.376 e. The van der Waals surface area contributed by atoms with E-state index in [1.165, 1.54) is 22.3 Å². The Hall–Kier alpha value is -1.67. The van der Waals surface area contributed by atoms with Crippen LogP contribution in [-0.2, 0) is 17.8 Å². The second-order valence-electron chi connectivity index (χ2n) is 4.43. The molecule has 1 aromatic heterocycles. The summed E-state index contributed by atoms with van der Waals surface area (Å²) in [5, 5.41) is 0. The maximum absolute atomic E-state index is 5.50. The summed E-state index contributed by atoms with van der Waals surface area (Å²) in [6, 6.07) is 10.7. The number of fused-ring (bicyclic) bond motifs is 1. The van der Waals surface area contributed by atoms with E-state index in [2.05, 4.69) is 35.3 Å². The minimum atomic E-state index is 0.743. The lowest BCUT2D eigenvalue weighted by Crippen LogP contribution is -2.10. The van der Waals surface area contributed by atoms with Crippen LogP contribution in [0, 0.1) is 6.92 Å². The monoisotopic (exact) mass is 225 g/mol. The zero-order chi connectivity index (χ0) is 11.7. The molecule has 1 aromatic carbocycles. The standard InChI is InChI=1S/C15H15NO/c1-11-9-12(5-7-16-11)14-4-2-3-13-10-17-8-6-15(13)14/h2-5,7,9H,6,8,10H2,1H3. The number of benzene rings is 1. The van der Waals surface area contributed by atoms with Gasteiger partial charge in [-0.3, -0.25) is 4.98 Å². The van der Waals surface area contributed by atoms with Crippen LogP contribution in [0.4, 0.5) is 0 Å². The summed E-state index contributed by atoms with van der Waals surface area (Å²) in [5.74, 6) is 0. The van der Waals surface area contributed by atoms with Crippen molar-refractivity contribution in [2.45, 2.75) is 20.0 Å². The van der Waals surface area contributed by atoms with E-state index < -0.39 is 0 Å². The Balaban J connectivity index is 2.14. The van der Waals surface area contributed by atoms with Gasteiger partial charge in [0.05, 0.1) is 13.2 Å². The van der Waals surface area contributed by atoms with Gasteiger partial charge in [0, 0.05) is 11.9 Å². The lowest BCUT2D eigenvalue weighted by molar-refractivity contribution is 0.111. The number of ether oxygens (including phenoxy) is 1. The second kappa shape index (κ2) is 4.30. The maximum atomic E-state index is 5.50. The van der Waals surface area contributed by atoms with Crippen LogP contribution < -0.4 is 0 Å². The number of rotatable bonds is 1. The van der Waals surface area contributed by atoms with Crippen LogP contribution in [0.15, 0.2) is 36.5 Å². The lowest BCUT2D eigenvalue weighted by atomic mass is 9.93. The molecule has 0 radical (unpaired) electrons. The maximum Gasteiger partial charge on any atom is 0.0719 e. The molecule has 86 valence electrons. The summed E-state index contributed by atoms with van der Waals surface area (Å²) in [6.45, 7) is 3.60. The normalized spacial score (nSPS) is 14.4. The molecule has 0 fully saturated rings. The molecule has 0 amide bonds. The van der Waals surface area contributed by atoms with Gasteiger partial charge in [-0.25, -0.2) is 0 Å². The number of nitrogens with zero attached hydrogens (tertiary/aromatic N) is 1. The SMILES string of the molecule is Cc1cc(-c2cccc3c2CCOC3)ccn1. The van der Waals surface area contributed by atoms with Gasteiger partial charge in [-0.05, 0) is 47.7 Å². The van der Waals surface area contributed by atoms with Crippen molar-refractivity contribution >= 4 is 0 Å². The Morgan fingerprint density at radius 3 is 3.06 bits per heavy atom. The van der Waals surface area contributed by atoms with Crippen molar-refractivity contribution in [3.05, 3.63) is 53.3 Å². The first kappa shape index (κ1) is 10.5. The van der Waals surface area contributed by atoms with Gasteiger partial charge in [0.25, 0.3) is 0 Å². The smallest absolute Gasteiger partial charge is 0.0719 e. The molecule has 2 heteroatoms. The summed E-state index contributed by atoms with van der Waals surface area (Å²) in [5.41, 5.74) is 6.41. The van der Waals surface area contributed by atoms with Crippen LogP contribution in [0.1, 0.15) is 16.8 Å². The van der Waals surface area contributed by atoms with E-state index in [1.807, 2.05) is 13.1 Å². The molecule has 1 aliphatic heterocycles. The molecular weight excluding hydrogens is 210 g/mol. The van der Waals surface area contributed by atoms with Crippen molar-refractivity contribution in [2.75, 3.05) is 6.61 Å². The second-order valence-corrected chi connectivity index (χ2v) is 4.43. The third-order valence-electron chi connectivity index (χ3n) is 3.23. The molecule has 2 nitrogen and oxygen atoms in total. The fourth-order valence-electron chi connectivity index (χ4n) is 2.41. The minimum Gasteiger partial charge on any atom is -0.376 e. The van der Waals surface area contributed by atoms with Gasteiger partial charge in [0.15, 0.2) is 0 Å². The van der Waals surface area contributed by atoms with E-state index in [4.69, 9.17) is 4.74 Å². The fraction of sp³-hybridized carbons (Fsp3) is 0.267. The molecule has 0 aliphatic carbocycles. The molecule has 2 aromatic rings. The molecule has 0 spiro atoms. The van der Waals surface area contributed by atoms with E-state index in [0.717, 1.165) is 25.3 Å². The summed E-state index contributed by atoms with van der Waals surface area (Å²) in [4.78, 5) is 4.25. The molecule has 0 atom stereocenters. The number of pyridine rings is 1. The molecular formula is C15H15NO. The topological polar surface area (TPSA) is 22.1 Å². The molecule has 0 unspecified atom stereocenters. The highest BCUT2D eigenvalue weighted by Gasteiger charge is 2.14. The average Bonchev–Trinajstić information content (AvgIpc) is 2.38. The van der Waals surface area contributed by atoms with Crippen LogP contribution in [-0.4, -0.2) is 11.6 Å². The van der Waals surface area contributed by atoms with E-state index in [1.54, 1.807) is 0 Å². The Morgan fingerprint density at radius 1 is 1.24 bits per heavy atom. The minimum absolute atomic E-state index is 0.743. The van der Waals surface area contributed by atoms with Gasteiger partial charge >= 0.3 is 0 Å². The summed E-state index contributed by atoms with van der Waals surface area (Å²) >= 11 is 0. The Bertz CT molecular complexity index is 548. The molecule has 0 N–H and O–H groups in total. The fourth-order valence-corrected chi connectivity index (χ4v) is 2.41. The molecule has 0 bridgehead atoms. The van der Waals surface area contributed by atoms with Gasteiger partial charge in [-0.15, -0.1) is 0 Å². The van der Waals surface area contributed by atoms with Gasteiger partial charge in [-0.2, -0.15) is 0 Å². The summed E-state index contributed by atoms with van der Waals surface area (Å²) < 4.78 is 5.50. The molecule has 17 heavy (non-hydrogen) atoms. The van der Waals surface area contributed by atoms with Crippen molar-refractivity contribution in [1.82, 2.24) is 4.98 Å². The van der Waals surface area contributed by atoms with Crippen LogP contribution in [0.25, 0.3) is 11.1 Å². The third kappa shape index (κ3) is 1.96. The van der Waals surface area contributed by atoms with E-state index in [9.17, 15) is 0 Å². The number of aryl methyl sites for hydroxylation is 1. The van der Waals surface area contributed by atoms with Crippen LogP contribution in [0.2, 0.25) is 0 Å².